The maximum Gasteiger partial charge on any atom is 0.158 e. The molecular weight excluding hydrogens is 304 g/mol. The molecule has 0 spiro atoms. The summed E-state index contributed by atoms with van der Waals surface area (Å²) >= 11 is 3.39. The molecule has 3 heterocycles. The second kappa shape index (κ2) is 5.59. The Hall–Kier alpha value is -0.940. The fourth-order valence-electron chi connectivity index (χ4n) is 2.82. The average Bonchev–Trinajstić information content (AvgIpc) is 2.80. The minimum atomic E-state index is 0.533. The SMILES string of the molecule is CCN1CCC[C@@H](NC2=Nc3nc(Br)ccc3C2)C1. The number of likely N-dealkylation sites (N-methyl/N-ethyl adjacent to an activating group) is 1. The molecule has 0 unspecified atom stereocenters. The van der Waals surface area contributed by atoms with Crippen molar-refractivity contribution >= 4 is 27.6 Å². The van der Waals surface area contributed by atoms with Crippen molar-refractivity contribution in [3.63, 3.8) is 0 Å². The van der Waals surface area contributed by atoms with Crippen molar-refractivity contribution in [2.45, 2.75) is 32.2 Å². The highest BCUT2D eigenvalue weighted by atomic mass is 79.9. The monoisotopic (exact) mass is 322 g/mol. The van der Waals surface area contributed by atoms with Gasteiger partial charge in [-0.1, -0.05) is 13.0 Å². The number of rotatable bonds is 2. The summed E-state index contributed by atoms with van der Waals surface area (Å²) in [4.78, 5) is 11.5. The van der Waals surface area contributed by atoms with Gasteiger partial charge in [0.2, 0.25) is 0 Å². The third-order valence-corrected chi connectivity index (χ3v) is 4.29. The van der Waals surface area contributed by atoms with Crippen LogP contribution in [-0.2, 0) is 6.42 Å². The summed E-state index contributed by atoms with van der Waals surface area (Å²) in [6.45, 7) is 5.73. The standard InChI is InChI=1S/C14H19BrN4/c1-2-19-7-3-4-11(9-19)16-13-8-10-5-6-12(15)17-14(10)18-13/h5-6,11H,2-4,7-9H2,1H3,(H,16,17,18)/t11-/m1/s1. The van der Waals surface area contributed by atoms with E-state index in [2.05, 4.69) is 49.1 Å². The quantitative estimate of drug-likeness (QED) is 0.850. The number of aromatic nitrogens is 1. The molecule has 5 heteroatoms. The van der Waals surface area contributed by atoms with Crippen LogP contribution in [0.5, 0.6) is 0 Å². The third kappa shape index (κ3) is 2.98. The predicted octanol–water partition coefficient (Wildman–Crippen LogP) is 2.50. The van der Waals surface area contributed by atoms with Crippen LogP contribution >= 0.6 is 15.9 Å². The highest BCUT2D eigenvalue weighted by Gasteiger charge is 2.22. The van der Waals surface area contributed by atoms with E-state index in [0.29, 0.717) is 6.04 Å². The predicted molar refractivity (Wildman–Crippen MR) is 81.0 cm³/mol. The van der Waals surface area contributed by atoms with Gasteiger partial charge in [0, 0.05) is 24.6 Å². The number of halogens is 1. The molecule has 0 radical (unpaired) electrons. The Morgan fingerprint density at radius 2 is 2.37 bits per heavy atom. The molecule has 0 amide bonds. The molecule has 0 saturated carbocycles. The number of fused-ring (bicyclic) bond motifs is 1. The van der Waals surface area contributed by atoms with Gasteiger partial charge in [0.15, 0.2) is 5.82 Å². The van der Waals surface area contributed by atoms with Crippen LogP contribution in [0, 0.1) is 0 Å². The molecule has 0 aliphatic carbocycles. The fraction of sp³-hybridized carbons (Fsp3) is 0.571. The van der Waals surface area contributed by atoms with Crippen LogP contribution in [0.1, 0.15) is 25.3 Å². The van der Waals surface area contributed by atoms with Gasteiger partial charge in [-0.3, -0.25) is 0 Å². The molecule has 1 aromatic rings. The molecule has 1 saturated heterocycles. The Balaban J connectivity index is 1.64. The van der Waals surface area contributed by atoms with Gasteiger partial charge in [0.25, 0.3) is 0 Å². The lowest BCUT2D eigenvalue weighted by Gasteiger charge is -2.32. The van der Waals surface area contributed by atoms with Crippen LogP contribution in [0.15, 0.2) is 21.7 Å². The van der Waals surface area contributed by atoms with Crippen LogP contribution in [0.3, 0.4) is 0 Å². The number of likely N-dealkylation sites (tertiary alicyclic amines) is 1. The highest BCUT2D eigenvalue weighted by Crippen LogP contribution is 2.26. The summed E-state index contributed by atoms with van der Waals surface area (Å²) in [5, 5.41) is 3.60. The molecule has 2 aliphatic heterocycles. The number of nitrogens with one attached hydrogen (secondary N) is 1. The molecule has 1 fully saturated rings. The third-order valence-electron chi connectivity index (χ3n) is 3.84. The van der Waals surface area contributed by atoms with Crippen LogP contribution in [-0.4, -0.2) is 41.4 Å². The van der Waals surface area contributed by atoms with Crippen molar-refractivity contribution in [2.24, 2.45) is 4.99 Å². The molecular formula is C14H19BrN4. The number of nitrogens with zero attached hydrogens (tertiary/aromatic N) is 3. The number of hydrogen-bond donors (Lipinski definition) is 1. The molecule has 102 valence electrons. The van der Waals surface area contributed by atoms with E-state index >= 15 is 0 Å². The number of amidine groups is 1. The summed E-state index contributed by atoms with van der Waals surface area (Å²) in [7, 11) is 0. The van der Waals surface area contributed by atoms with Crippen molar-refractivity contribution in [3.8, 4) is 0 Å². The zero-order chi connectivity index (χ0) is 13.2. The second-order valence-electron chi connectivity index (χ2n) is 5.23. The van der Waals surface area contributed by atoms with Gasteiger partial charge in [0.1, 0.15) is 10.4 Å². The summed E-state index contributed by atoms with van der Waals surface area (Å²) < 4.78 is 0.853. The Labute approximate surface area is 122 Å². The molecule has 1 N–H and O–H groups in total. The maximum atomic E-state index is 4.60. The fourth-order valence-corrected chi connectivity index (χ4v) is 3.12. The topological polar surface area (TPSA) is 40.5 Å². The molecule has 1 aromatic heterocycles. The summed E-state index contributed by atoms with van der Waals surface area (Å²) in [5.74, 6) is 1.93. The zero-order valence-corrected chi connectivity index (χ0v) is 12.8. The Morgan fingerprint density at radius 3 is 3.21 bits per heavy atom. The number of piperidine rings is 1. The number of pyridine rings is 1. The van der Waals surface area contributed by atoms with Gasteiger partial charge < -0.3 is 10.2 Å². The molecule has 1 atom stereocenters. The first-order valence-electron chi connectivity index (χ1n) is 6.96. The van der Waals surface area contributed by atoms with E-state index in [9.17, 15) is 0 Å². The van der Waals surface area contributed by atoms with Gasteiger partial charge in [0.05, 0.1) is 0 Å². The molecule has 0 bridgehead atoms. The first-order chi connectivity index (χ1) is 9.24. The molecule has 4 nitrogen and oxygen atoms in total. The Kier molecular flexibility index (Phi) is 3.84. The number of hydrogen-bond acceptors (Lipinski definition) is 4. The lowest BCUT2D eigenvalue weighted by Crippen LogP contribution is -2.47. The van der Waals surface area contributed by atoms with E-state index in [0.717, 1.165) is 35.8 Å². The molecule has 2 aliphatic rings. The van der Waals surface area contributed by atoms with Crippen LogP contribution in [0.25, 0.3) is 0 Å². The lowest BCUT2D eigenvalue weighted by atomic mass is 10.1. The summed E-state index contributed by atoms with van der Waals surface area (Å²) in [6, 6.07) is 4.62. The van der Waals surface area contributed by atoms with Crippen LogP contribution < -0.4 is 5.32 Å². The average molecular weight is 323 g/mol. The second-order valence-corrected chi connectivity index (χ2v) is 6.04. The minimum Gasteiger partial charge on any atom is -0.369 e. The molecule has 3 rings (SSSR count). The largest absolute Gasteiger partial charge is 0.369 e. The van der Waals surface area contributed by atoms with Crippen molar-refractivity contribution in [1.82, 2.24) is 15.2 Å². The van der Waals surface area contributed by atoms with Gasteiger partial charge in [-0.05, 0) is 47.9 Å². The van der Waals surface area contributed by atoms with E-state index in [1.165, 1.54) is 24.9 Å². The van der Waals surface area contributed by atoms with E-state index < -0.39 is 0 Å². The van der Waals surface area contributed by atoms with Gasteiger partial charge in [-0.25, -0.2) is 9.98 Å². The minimum absolute atomic E-state index is 0.533. The first kappa shape index (κ1) is 13.1. The van der Waals surface area contributed by atoms with Crippen molar-refractivity contribution < 1.29 is 0 Å². The van der Waals surface area contributed by atoms with Crippen molar-refractivity contribution in [1.29, 1.82) is 0 Å². The normalized spacial score (nSPS) is 23.1. The van der Waals surface area contributed by atoms with Gasteiger partial charge in [-0.15, -0.1) is 0 Å². The summed E-state index contributed by atoms with van der Waals surface area (Å²) in [6.07, 6.45) is 3.40. The van der Waals surface area contributed by atoms with Crippen molar-refractivity contribution in [2.75, 3.05) is 19.6 Å². The van der Waals surface area contributed by atoms with Crippen LogP contribution in [0.4, 0.5) is 5.82 Å². The van der Waals surface area contributed by atoms with E-state index in [-0.39, 0.29) is 0 Å². The van der Waals surface area contributed by atoms with E-state index in [4.69, 9.17) is 0 Å². The number of aliphatic imine (C=N–C) groups is 1. The van der Waals surface area contributed by atoms with E-state index in [1.54, 1.807) is 0 Å². The van der Waals surface area contributed by atoms with Crippen molar-refractivity contribution in [3.05, 3.63) is 22.3 Å². The van der Waals surface area contributed by atoms with E-state index in [1.807, 2.05) is 6.07 Å². The smallest absolute Gasteiger partial charge is 0.158 e. The van der Waals surface area contributed by atoms with Crippen LogP contribution in [0.2, 0.25) is 0 Å². The maximum absolute atomic E-state index is 4.60. The Bertz CT molecular complexity index is 500. The van der Waals surface area contributed by atoms with Gasteiger partial charge >= 0.3 is 0 Å². The first-order valence-corrected chi connectivity index (χ1v) is 7.76. The highest BCUT2D eigenvalue weighted by molar-refractivity contribution is 9.10. The molecule has 19 heavy (non-hydrogen) atoms. The van der Waals surface area contributed by atoms with Gasteiger partial charge in [-0.2, -0.15) is 0 Å². The zero-order valence-electron chi connectivity index (χ0n) is 11.2. The summed E-state index contributed by atoms with van der Waals surface area (Å²) in [5.41, 5.74) is 1.22. The lowest BCUT2D eigenvalue weighted by molar-refractivity contribution is 0.210. The molecule has 0 aromatic carbocycles. The Morgan fingerprint density at radius 1 is 1.47 bits per heavy atom.